The monoisotopic (exact) mass is 207 g/mol. The zero-order chi connectivity index (χ0) is 10.8. The molecule has 2 heterocycles. The molecule has 3 N–H and O–H groups in total. The molecule has 0 aliphatic carbocycles. The number of aliphatic carboxylic acids is 1. The van der Waals surface area contributed by atoms with Crippen LogP contribution in [-0.4, -0.2) is 26.0 Å². The van der Waals surface area contributed by atoms with E-state index in [1.165, 1.54) is 6.33 Å². The summed E-state index contributed by atoms with van der Waals surface area (Å²) in [5.74, 6) is -0.885. The molecule has 0 saturated carbocycles. The van der Waals surface area contributed by atoms with Crippen LogP contribution >= 0.6 is 0 Å². The van der Waals surface area contributed by atoms with Crippen LogP contribution in [-0.2, 0) is 11.2 Å². The van der Waals surface area contributed by atoms with Gasteiger partial charge in [0.1, 0.15) is 5.65 Å². The molecule has 0 aromatic carbocycles. The summed E-state index contributed by atoms with van der Waals surface area (Å²) < 4.78 is 0. The van der Waals surface area contributed by atoms with Crippen molar-refractivity contribution in [3.8, 4) is 0 Å². The van der Waals surface area contributed by atoms with Gasteiger partial charge in [0.15, 0.2) is 0 Å². The highest BCUT2D eigenvalue weighted by Crippen LogP contribution is 2.12. The van der Waals surface area contributed by atoms with Crippen molar-refractivity contribution in [3.05, 3.63) is 28.4 Å². The second-order valence-electron chi connectivity index (χ2n) is 3.16. The van der Waals surface area contributed by atoms with Gasteiger partial charge in [0.05, 0.1) is 11.7 Å². The molecule has 0 radical (unpaired) electrons. The van der Waals surface area contributed by atoms with E-state index >= 15 is 0 Å². The Labute approximate surface area is 84.0 Å². The van der Waals surface area contributed by atoms with Crippen molar-refractivity contribution in [1.29, 1.82) is 0 Å². The molecular weight excluding hydrogens is 198 g/mol. The van der Waals surface area contributed by atoms with Gasteiger partial charge in [-0.05, 0) is 12.0 Å². The molecule has 2 rings (SSSR count). The van der Waals surface area contributed by atoms with Gasteiger partial charge in [-0.25, -0.2) is 4.98 Å². The van der Waals surface area contributed by atoms with Crippen LogP contribution < -0.4 is 5.56 Å². The lowest BCUT2D eigenvalue weighted by Crippen LogP contribution is -2.07. The number of nitrogens with zero attached hydrogens (tertiary/aromatic N) is 1. The van der Waals surface area contributed by atoms with Crippen LogP contribution in [0.15, 0.2) is 17.3 Å². The maximum absolute atomic E-state index is 11.4. The molecule has 0 spiro atoms. The highest BCUT2D eigenvalue weighted by Gasteiger charge is 2.09. The average Bonchev–Trinajstić information content (AvgIpc) is 2.59. The summed E-state index contributed by atoms with van der Waals surface area (Å²) in [6, 6.07) is 0. The fraction of sp³-hybridized carbons (Fsp3) is 0.222. The standard InChI is InChI=1S/C9H9N3O3/c13-6(14)2-1-5-3-10-8-7(5)9(15)12-4-11-8/h3-4H,1-2H2,(H,13,14)(H2,10,11,12,15). The molecule has 0 saturated heterocycles. The van der Waals surface area contributed by atoms with Crippen molar-refractivity contribution in [1.82, 2.24) is 15.0 Å². The normalized spacial score (nSPS) is 10.7. The lowest BCUT2D eigenvalue weighted by atomic mass is 10.1. The minimum atomic E-state index is -0.885. The quantitative estimate of drug-likeness (QED) is 0.672. The number of rotatable bonds is 3. The van der Waals surface area contributed by atoms with Gasteiger partial charge in [0, 0.05) is 12.6 Å². The second-order valence-corrected chi connectivity index (χ2v) is 3.16. The molecule has 15 heavy (non-hydrogen) atoms. The maximum atomic E-state index is 11.4. The molecule has 2 aromatic heterocycles. The highest BCUT2D eigenvalue weighted by atomic mass is 16.4. The minimum Gasteiger partial charge on any atom is -0.481 e. The molecule has 6 heteroatoms. The molecule has 0 aliphatic heterocycles. The fourth-order valence-electron chi connectivity index (χ4n) is 1.47. The van der Waals surface area contributed by atoms with E-state index in [2.05, 4.69) is 15.0 Å². The third-order valence-electron chi connectivity index (χ3n) is 2.17. The topological polar surface area (TPSA) is 98.8 Å². The summed E-state index contributed by atoms with van der Waals surface area (Å²) in [5.41, 5.74) is 0.919. The summed E-state index contributed by atoms with van der Waals surface area (Å²) in [5, 5.41) is 8.99. The average molecular weight is 207 g/mol. The van der Waals surface area contributed by atoms with Crippen molar-refractivity contribution in [3.63, 3.8) is 0 Å². The number of aromatic nitrogens is 3. The van der Waals surface area contributed by atoms with Crippen LogP contribution in [0, 0.1) is 0 Å². The minimum absolute atomic E-state index is 0.00128. The van der Waals surface area contributed by atoms with Crippen LogP contribution in [0.5, 0.6) is 0 Å². The van der Waals surface area contributed by atoms with Gasteiger partial charge >= 0.3 is 5.97 Å². The summed E-state index contributed by atoms with van der Waals surface area (Å²) in [6.45, 7) is 0. The van der Waals surface area contributed by atoms with Gasteiger partial charge in [0.25, 0.3) is 5.56 Å². The third kappa shape index (κ3) is 1.74. The van der Waals surface area contributed by atoms with Crippen LogP contribution in [0.1, 0.15) is 12.0 Å². The molecule has 2 aromatic rings. The summed E-state index contributed by atoms with van der Waals surface area (Å²) in [6.07, 6.45) is 3.25. The van der Waals surface area contributed by atoms with E-state index in [9.17, 15) is 9.59 Å². The van der Waals surface area contributed by atoms with E-state index in [1.807, 2.05) is 0 Å². The Morgan fingerprint density at radius 1 is 1.47 bits per heavy atom. The van der Waals surface area contributed by atoms with Crippen LogP contribution in [0.25, 0.3) is 11.0 Å². The Morgan fingerprint density at radius 2 is 2.27 bits per heavy atom. The van der Waals surface area contributed by atoms with E-state index in [0.717, 1.165) is 0 Å². The lowest BCUT2D eigenvalue weighted by Gasteiger charge is -1.94. The van der Waals surface area contributed by atoms with Crippen LogP contribution in [0.4, 0.5) is 0 Å². The first kappa shape index (κ1) is 9.45. The number of nitrogens with one attached hydrogen (secondary N) is 2. The van der Waals surface area contributed by atoms with Crippen molar-refractivity contribution in [2.75, 3.05) is 0 Å². The Balaban J connectivity index is 2.44. The first-order valence-corrected chi connectivity index (χ1v) is 4.44. The van der Waals surface area contributed by atoms with Gasteiger partial charge in [-0.1, -0.05) is 0 Å². The number of hydrogen-bond acceptors (Lipinski definition) is 3. The fourth-order valence-corrected chi connectivity index (χ4v) is 1.47. The number of carboxylic acids is 1. The van der Waals surface area contributed by atoms with Gasteiger partial charge < -0.3 is 15.1 Å². The summed E-state index contributed by atoms with van der Waals surface area (Å²) in [4.78, 5) is 31.1. The predicted octanol–water partition coefficient (Wildman–Crippen LogP) is 0.268. The van der Waals surface area contributed by atoms with Crippen molar-refractivity contribution in [2.45, 2.75) is 12.8 Å². The molecule has 0 atom stereocenters. The molecule has 0 fully saturated rings. The van der Waals surface area contributed by atoms with Gasteiger partial charge in [-0.2, -0.15) is 0 Å². The molecule has 0 aliphatic rings. The first-order chi connectivity index (χ1) is 7.18. The van der Waals surface area contributed by atoms with Crippen LogP contribution in [0.2, 0.25) is 0 Å². The lowest BCUT2D eigenvalue weighted by molar-refractivity contribution is -0.136. The number of aryl methyl sites for hydroxylation is 1. The van der Waals surface area contributed by atoms with Crippen molar-refractivity contribution >= 4 is 17.0 Å². The van der Waals surface area contributed by atoms with E-state index < -0.39 is 5.97 Å². The Hall–Kier alpha value is -2.11. The Morgan fingerprint density at radius 3 is 3.00 bits per heavy atom. The largest absolute Gasteiger partial charge is 0.481 e. The number of aromatic amines is 2. The number of H-pyrrole nitrogens is 2. The molecule has 0 unspecified atom stereocenters. The zero-order valence-electron chi connectivity index (χ0n) is 7.78. The van der Waals surface area contributed by atoms with E-state index in [-0.39, 0.29) is 12.0 Å². The van der Waals surface area contributed by atoms with Gasteiger partial charge in [-0.3, -0.25) is 9.59 Å². The number of carbonyl (C=O) groups is 1. The number of hydrogen-bond donors (Lipinski definition) is 3. The number of fused-ring (bicyclic) bond motifs is 1. The SMILES string of the molecule is O=C(O)CCc1c[nH]c2nc[nH]c(=O)c12. The smallest absolute Gasteiger partial charge is 0.303 e. The third-order valence-corrected chi connectivity index (χ3v) is 2.17. The van der Waals surface area contributed by atoms with E-state index in [0.29, 0.717) is 23.0 Å². The van der Waals surface area contributed by atoms with Gasteiger partial charge in [-0.15, -0.1) is 0 Å². The summed E-state index contributed by atoms with van der Waals surface area (Å²) >= 11 is 0. The maximum Gasteiger partial charge on any atom is 0.303 e. The highest BCUT2D eigenvalue weighted by molar-refractivity contribution is 5.79. The molecule has 78 valence electrons. The zero-order valence-corrected chi connectivity index (χ0v) is 7.78. The molecule has 0 bridgehead atoms. The predicted molar refractivity (Wildman–Crippen MR) is 52.7 cm³/mol. The Bertz CT molecular complexity index is 555. The van der Waals surface area contributed by atoms with Crippen molar-refractivity contribution in [2.24, 2.45) is 0 Å². The van der Waals surface area contributed by atoms with Crippen molar-refractivity contribution < 1.29 is 9.90 Å². The molecule has 0 amide bonds. The Kier molecular flexibility index (Phi) is 2.24. The van der Waals surface area contributed by atoms with E-state index in [1.54, 1.807) is 6.20 Å². The molecular formula is C9H9N3O3. The van der Waals surface area contributed by atoms with Crippen LogP contribution in [0.3, 0.4) is 0 Å². The van der Waals surface area contributed by atoms with Gasteiger partial charge in [0.2, 0.25) is 0 Å². The first-order valence-electron chi connectivity index (χ1n) is 4.44. The van der Waals surface area contributed by atoms with E-state index in [4.69, 9.17) is 5.11 Å². The summed E-state index contributed by atoms with van der Waals surface area (Å²) in [7, 11) is 0. The number of carboxylic acid groups (broad SMARTS) is 1. The second kappa shape index (κ2) is 3.56. The molecule has 6 nitrogen and oxygen atoms in total.